The van der Waals surface area contributed by atoms with Crippen LogP contribution < -0.4 is 5.32 Å². The average Bonchev–Trinajstić information content (AvgIpc) is 3.14. The van der Waals surface area contributed by atoms with Crippen LogP contribution in [-0.2, 0) is 14.3 Å². The number of rotatable bonds is 6. The number of nitrogens with zero attached hydrogens (tertiary/aromatic N) is 1. The van der Waals surface area contributed by atoms with Crippen LogP contribution in [0.25, 0.3) is 11.1 Å². The van der Waals surface area contributed by atoms with Crippen LogP contribution in [0.15, 0.2) is 48.5 Å². The third-order valence-corrected chi connectivity index (χ3v) is 7.04. The van der Waals surface area contributed by atoms with Crippen molar-refractivity contribution in [2.75, 3.05) is 13.2 Å². The van der Waals surface area contributed by atoms with E-state index >= 15 is 0 Å². The first-order chi connectivity index (χ1) is 16.7. The van der Waals surface area contributed by atoms with E-state index < -0.39 is 23.5 Å². The number of amides is 2. The van der Waals surface area contributed by atoms with Crippen molar-refractivity contribution in [1.82, 2.24) is 10.2 Å². The van der Waals surface area contributed by atoms with Crippen molar-refractivity contribution >= 4 is 18.0 Å². The van der Waals surface area contributed by atoms with E-state index in [1.54, 1.807) is 4.90 Å². The molecule has 1 heterocycles. The zero-order valence-corrected chi connectivity index (χ0v) is 20.6. The minimum absolute atomic E-state index is 0.0704. The molecule has 2 aliphatic rings. The van der Waals surface area contributed by atoms with Gasteiger partial charge in [-0.3, -0.25) is 9.59 Å². The van der Waals surface area contributed by atoms with E-state index in [0.717, 1.165) is 35.1 Å². The number of likely N-dealkylation sites (tertiary alicyclic amines) is 1. The lowest BCUT2D eigenvalue weighted by Crippen LogP contribution is -2.58. The standard InChI is InChI=1S/C28H34N2O5/c1-28(2,3)25(26(33)30-15-9-8-10-18(30)16-24(31)32)29-27(34)35-17-23-21-13-6-4-11-19(21)20-12-5-7-14-22(20)23/h4-7,11-14,18,23,25H,8-10,15-17H2,1-3H3,(H,29,34)(H,31,32)/t18?,25-/m0/s1. The Hall–Kier alpha value is -3.35. The fourth-order valence-corrected chi connectivity index (χ4v) is 5.28. The van der Waals surface area contributed by atoms with E-state index in [1.165, 1.54) is 0 Å². The normalized spacial score (nSPS) is 18.4. The molecule has 1 aliphatic heterocycles. The van der Waals surface area contributed by atoms with Crippen LogP contribution in [0.4, 0.5) is 4.79 Å². The minimum Gasteiger partial charge on any atom is -0.481 e. The van der Waals surface area contributed by atoms with Gasteiger partial charge in [-0.1, -0.05) is 69.3 Å². The molecule has 186 valence electrons. The second kappa shape index (κ2) is 10.1. The quantitative estimate of drug-likeness (QED) is 0.622. The molecule has 0 bridgehead atoms. The lowest BCUT2D eigenvalue weighted by Gasteiger charge is -2.40. The van der Waals surface area contributed by atoms with Crippen LogP contribution in [0, 0.1) is 5.41 Å². The molecule has 7 nitrogen and oxygen atoms in total. The molecule has 2 amide bonds. The predicted molar refractivity (Wildman–Crippen MR) is 133 cm³/mol. The first-order valence-corrected chi connectivity index (χ1v) is 12.3. The maximum absolute atomic E-state index is 13.5. The smallest absolute Gasteiger partial charge is 0.407 e. The van der Waals surface area contributed by atoms with Crippen molar-refractivity contribution < 1.29 is 24.2 Å². The number of benzene rings is 2. The SMILES string of the molecule is CC(C)(C)[C@@H](NC(=O)OCC1c2ccccc2-c2ccccc21)C(=O)N1CCCCC1CC(=O)O. The maximum atomic E-state index is 13.5. The van der Waals surface area contributed by atoms with E-state index in [2.05, 4.69) is 29.6 Å². The molecule has 0 saturated carbocycles. The number of piperidine rings is 1. The zero-order valence-electron chi connectivity index (χ0n) is 20.6. The first-order valence-electron chi connectivity index (χ1n) is 12.3. The molecular weight excluding hydrogens is 444 g/mol. The Labute approximate surface area is 206 Å². The molecule has 7 heteroatoms. The first kappa shape index (κ1) is 24.8. The van der Waals surface area contributed by atoms with E-state index in [0.29, 0.717) is 13.0 Å². The lowest BCUT2D eigenvalue weighted by atomic mass is 9.84. The van der Waals surface area contributed by atoms with Crippen LogP contribution in [-0.4, -0.2) is 53.2 Å². The van der Waals surface area contributed by atoms with Crippen molar-refractivity contribution in [3.63, 3.8) is 0 Å². The van der Waals surface area contributed by atoms with Gasteiger partial charge in [0.25, 0.3) is 0 Å². The number of ether oxygens (including phenoxy) is 1. The van der Waals surface area contributed by atoms with Crippen LogP contribution in [0.1, 0.15) is 63.5 Å². The Balaban J connectivity index is 1.46. The molecule has 2 N–H and O–H groups in total. The van der Waals surface area contributed by atoms with Crippen molar-refractivity contribution in [3.8, 4) is 11.1 Å². The minimum atomic E-state index is -0.925. The van der Waals surface area contributed by atoms with Crippen molar-refractivity contribution in [2.45, 2.75) is 64.5 Å². The zero-order chi connectivity index (χ0) is 25.2. The number of nitrogens with one attached hydrogen (secondary N) is 1. The van der Waals surface area contributed by atoms with E-state index in [9.17, 15) is 19.5 Å². The molecule has 1 aliphatic carbocycles. The molecule has 0 spiro atoms. The van der Waals surface area contributed by atoms with Gasteiger partial charge in [0.15, 0.2) is 0 Å². The number of hydrogen-bond acceptors (Lipinski definition) is 4. The van der Waals surface area contributed by atoms with Gasteiger partial charge in [0.1, 0.15) is 12.6 Å². The second-order valence-electron chi connectivity index (χ2n) is 10.5. The van der Waals surface area contributed by atoms with Gasteiger partial charge in [-0.05, 0) is 46.9 Å². The monoisotopic (exact) mass is 478 g/mol. The summed E-state index contributed by atoms with van der Waals surface area (Å²) in [5, 5.41) is 12.1. The van der Waals surface area contributed by atoms with Gasteiger partial charge in [-0.2, -0.15) is 0 Å². The summed E-state index contributed by atoms with van der Waals surface area (Å²) >= 11 is 0. The van der Waals surface area contributed by atoms with Gasteiger partial charge in [0.2, 0.25) is 5.91 Å². The highest BCUT2D eigenvalue weighted by atomic mass is 16.5. The Morgan fingerprint density at radius 1 is 1.03 bits per heavy atom. The summed E-state index contributed by atoms with van der Waals surface area (Å²) in [6.45, 7) is 6.31. The summed E-state index contributed by atoms with van der Waals surface area (Å²) in [7, 11) is 0. The van der Waals surface area contributed by atoms with Gasteiger partial charge >= 0.3 is 12.1 Å². The summed E-state index contributed by atoms with van der Waals surface area (Å²) in [4.78, 5) is 39.4. The highest BCUT2D eigenvalue weighted by molar-refractivity contribution is 5.87. The third kappa shape index (κ3) is 5.34. The number of aliphatic carboxylic acids is 1. The van der Waals surface area contributed by atoms with Crippen molar-refractivity contribution in [3.05, 3.63) is 59.7 Å². The Bertz CT molecular complexity index is 1060. The number of fused-ring (bicyclic) bond motifs is 3. The molecule has 1 saturated heterocycles. The third-order valence-electron chi connectivity index (χ3n) is 7.04. The van der Waals surface area contributed by atoms with Gasteiger partial charge in [0.05, 0.1) is 6.42 Å². The van der Waals surface area contributed by atoms with Crippen molar-refractivity contribution in [1.29, 1.82) is 0 Å². The number of carbonyl (C=O) groups is 3. The fourth-order valence-electron chi connectivity index (χ4n) is 5.28. The molecule has 2 aromatic rings. The topological polar surface area (TPSA) is 95.9 Å². The predicted octanol–water partition coefficient (Wildman–Crippen LogP) is 4.80. The highest BCUT2D eigenvalue weighted by Crippen LogP contribution is 2.44. The van der Waals surface area contributed by atoms with Crippen LogP contribution >= 0.6 is 0 Å². The molecule has 2 atom stereocenters. The number of carboxylic acid groups (broad SMARTS) is 1. The number of alkyl carbamates (subject to hydrolysis) is 1. The molecule has 2 aromatic carbocycles. The largest absolute Gasteiger partial charge is 0.481 e. The van der Waals surface area contributed by atoms with E-state index in [-0.39, 0.29) is 30.9 Å². The molecule has 35 heavy (non-hydrogen) atoms. The average molecular weight is 479 g/mol. The number of carbonyl (C=O) groups excluding carboxylic acids is 2. The Morgan fingerprint density at radius 2 is 1.63 bits per heavy atom. The second-order valence-corrected chi connectivity index (χ2v) is 10.5. The molecule has 0 radical (unpaired) electrons. The highest BCUT2D eigenvalue weighted by Gasteiger charge is 2.40. The number of hydrogen-bond donors (Lipinski definition) is 2. The van der Waals surface area contributed by atoms with Crippen molar-refractivity contribution in [2.24, 2.45) is 5.41 Å². The number of carboxylic acids is 1. The molecular formula is C28H34N2O5. The molecule has 0 aromatic heterocycles. The Kier molecular flexibility index (Phi) is 7.15. The summed E-state index contributed by atoms with van der Waals surface area (Å²) in [6.07, 6.45) is 1.63. The molecule has 4 rings (SSSR count). The van der Waals surface area contributed by atoms with Crippen LogP contribution in [0.3, 0.4) is 0 Å². The molecule has 1 unspecified atom stereocenters. The fraction of sp³-hybridized carbons (Fsp3) is 0.464. The van der Waals surface area contributed by atoms with Crippen LogP contribution in [0.5, 0.6) is 0 Å². The van der Waals surface area contributed by atoms with Crippen LogP contribution in [0.2, 0.25) is 0 Å². The summed E-state index contributed by atoms with van der Waals surface area (Å²) in [6, 6.07) is 15.1. The van der Waals surface area contributed by atoms with E-state index in [4.69, 9.17) is 4.74 Å². The Morgan fingerprint density at radius 3 is 2.20 bits per heavy atom. The van der Waals surface area contributed by atoms with Gasteiger partial charge in [0, 0.05) is 18.5 Å². The lowest BCUT2D eigenvalue weighted by molar-refractivity contribution is -0.144. The maximum Gasteiger partial charge on any atom is 0.407 e. The van der Waals surface area contributed by atoms with E-state index in [1.807, 2.05) is 45.0 Å². The summed E-state index contributed by atoms with van der Waals surface area (Å²) in [5.41, 5.74) is 3.96. The van der Waals surface area contributed by atoms with Gasteiger partial charge in [-0.25, -0.2) is 4.79 Å². The van der Waals surface area contributed by atoms with Gasteiger partial charge in [-0.15, -0.1) is 0 Å². The summed E-state index contributed by atoms with van der Waals surface area (Å²) in [5.74, 6) is -1.25. The van der Waals surface area contributed by atoms with Gasteiger partial charge < -0.3 is 20.1 Å². The molecule has 1 fully saturated rings. The summed E-state index contributed by atoms with van der Waals surface area (Å²) < 4.78 is 5.68.